The molecule has 6 rings (SSSR count). The third-order valence-electron chi connectivity index (χ3n) is 10.4. The van der Waals surface area contributed by atoms with Gasteiger partial charge in [-0.05, 0) is 66.1 Å². The quantitative estimate of drug-likeness (QED) is 0.0616. The molecule has 2 aliphatic heterocycles. The van der Waals surface area contributed by atoms with Crippen LogP contribution in [-0.4, -0.2) is 207 Å². The Morgan fingerprint density at radius 1 is 0.557 bits per heavy atom. The summed E-state index contributed by atoms with van der Waals surface area (Å²) in [6.07, 6.45) is 7.02. The smallest absolute Gasteiger partial charge is 0.328 e. The molecule has 0 bridgehead atoms. The summed E-state index contributed by atoms with van der Waals surface area (Å²) >= 11 is 0. The summed E-state index contributed by atoms with van der Waals surface area (Å²) in [5.74, 6) is -5.36. The zero-order chi connectivity index (χ0) is 52.2. The largest absolute Gasteiger partial charge is 0.478 e. The van der Waals surface area contributed by atoms with Crippen molar-refractivity contribution in [1.29, 1.82) is 0 Å². The van der Waals surface area contributed by atoms with Crippen molar-refractivity contribution in [3.63, 3.8) is 0 Å². The molecule has 0 aromatic carbocycles. The summed E-state index contributed by atoms with van der Waals surface area (Å²) in [7, 11) is 4.40. The van der Waals surface area contributed by atoms with Crippen LogP contribution >= 0.6 is 0 Å². The number of nitrogens with zero attached hydrogens (tertiary/aromatic N) is 10. The molecular weight excluding hydrogens is 917 g/mol. The summed E-state index contributed by atoms with van der Waals surface area (Å²) in [5, 5.41) is 46.9. The van der Waals surface area contributed by atoms with E-state index in [0.29, 0.717) is 61.8 Å². The van der Waals surface area contributed by atoms with Gasteiger partial charge in [0.15, 0.2) is 11.3 Å². The van der Waals surface area contributed by atoms with Crippen molar-refractivity contribution in [3.8, 4) is 0 Å². The summed E-state index contributed by atoms with van der Waals surface area (Å²) < 4.78 is 15.5. The number of fused-ring (bicyclic) bond motifs is 2. The Morgan fingerprint density at radius 2 is 0.871 bits per heavy atom. The number of carboxylic acids is 6. The predicted molar refractivity (Wildman–Crippen MR) is 256 cm³/mol. The second kappa shape index (κ2) is 32.0. The van der Waals surface area contributed by atoms with E-state index in [2.05, 4.69) is 66.6 Å². The van der Waals surface area contributed by atoms with Crippen LogP contribution in [0.2, 0.25) is 0 Å². The Bertz CT molecular complexity index is 2140. The number of rotatable bonds is 18. The van der Waals surface area contributed by atoms with Crippen LogP contribution in [-0.2, 0) is 64.4 Å². The maximum atomic E-state index is 9.55. The van der Waals surface area contributed by atoms with Gasteiger partial charge in [0.2, 0.25) is 0 Å². The highest BCUT2D eigenvalue weighted by molar-refractivity contribution is 5.90. The number of aliphatic carboxylic acids is 6. The first-order chi connectivity index (χ1) is 33.2. The van der Waals surface area contributed by atoms with Gasteiger partial charge < -0.3 is 59.0 Å². The lowest BCUT2D eigenvalue weighted by atomic mass is 10.2. The number of imidazole rings is 2. The van der Waals surface area contributed by atoms with E-state index in [1.807, 2.05) is 50.5 Å². The first-order valence-electron chi connectivity index (χ1n) is 22.3. The summed E-state index contributed by atoms with van der Waals surface area (Å²) in [6.45, 7) is 21.4. The molecule has 0 saturated carbocycles. The number of aromatic nitrogens is 6. The number of piperazine rings is 2. The van der Waals surface area contributed by atoms with Gasteiger partial charge in [-0.3, -0.25) is 9.80 Å². The maximum Gasteiger partial charge on any atom is 0.328 e. The van der Waals surface area contributed by atoms with Gasteiger partial charge >= 0.3 is 35.8 Å². The van der Waals surface area contributed by atoms with E-state index in [1.54, 1.807) is 0 Å². The third kappa shape index (κ3) is 22.9. The highest BCUT2D eigenvalue weighted by Gasteiger charge is 2.24. The molecular formula is C46H66N10O14. The first-order valence-corrected chi connectivity index (χ1v) is 22.3. The Hall–Kier alpha value is -6.96. The molecule has 0 spiro atoms. The monoisotopic (exact) mass is 982 g/mol. The average Bonchev–Trinajstić information content (AvgIpc) is 3.84. The molecule has 70 heavy (non-hydrogen) atoms. The molecule has 6 heterocycles. The van der Waals surface area contributed by atoms with Crippen molar-refractivity contribution < 1.29 is 68.9 Å². The van der Waals surface area contributed by atoms with E-state index in [9.17, 15) is 28.8 Å². The zero-order valence-corrected chi connectivity index (χ0v) is 40.4. The van der Waals surface area contributed by atoms with Gasteiger partial charge in [0, 0.05) is 127 Å². The van der Waals surface area contributed by atoms with Crippen molar-refractivity contribution in [2.75, 3.05) is 79.8 Å². The van der Waals surface area contributed by atoms with E-state index >= 15 is 0 Å². The van der Waals surface area contributed by atoms with E-state index in [0.717, 1.165) is 113 Å². The van der Waals surface area contributed by atoms with E-state index in [1.165, 1.54) is 0 Å². The fourth-order valence-corrected chi connectivity index (χ4v) is 6.69. The number of hydrogen-bond acceptors (Lipinski definition) is 16. The molecule has 2 atom stereocenters. The van der Waals surface area contributed by atoms with Crippen LogP contribution in [0.1, 0.15) is 39.3 Å². The second-order valence-corrected chi connectivity index (χ2v) is 15.6. The lowest BCUT2D eigenvalue weighted by Crippen LogP contribution is -2.49. The van der Waals surface area contributed by atoms with Gasteiger partial charge in [-0.15, -0.1) is 0 Å². The Balaban J connectivity index is 0.000000332. The highest BCUT2D eigenvalue weighted by Crippen LogP contribution is 2.19. The second-order valence-electron chi connectivity index (χ2n) is 15.6. The molecule has 2 fully saturated rings. The Kier molecular flexibility index (Phi) is 27.0. The van der Waals surface area contributed by atoms with Crippen molar-refractivity contribution in [2.45, 2.75) is 66.0 Å². The first kappa shape index (κ1) is 59.2. The topological polar surface area (TPSA) is 317 Å². The molecule has 0 radical (unpaired) electrons. The van der Waals surface area contributed by atoms with Gasteiger partial charge in [-0.2, -0.15) is 0 Å². The molecule has 0 aliphatic carbocycles. The fourth-order valence-electron chi connectivity index (χ4n) is 6.69. The van der Waals surface area contributed by atoms with Crippen molar-refractivity contribution in [1.82, 2.24) is 48.7 Å². The van der Waals surface area contributed by atoms with Crippen LogP contribution in [0.25, 0.3) is 22.3 Å². The maximum absolute atomic E-state index is 9.55. The number of pyridine rings is 2. The predicted octanol–water partition coefficient (Wildman–Crippen LogP) is 2.34. The number of hydrogen-bond donors (Lipinski definition) is 6. The molecule has 2 aliphatic rings. The number of likely N-dealkylation sites (N-methyl/N-ethyl adjacent to an activating group) is 2. The molecule has 2 unspecified atom stereocenters. The minimum absolute atomic E-state index is 0.558. The Labute approximate surface area is 405 Å². The van der Waals surface area contributed by atoms with Gasteiger partial charge in [0.1, 0.15) is 22.7 Å². The van der Waals surface area contributed by atoms with Gasteiger partial charge in [0.25, 0.3) is 0 Å². The number of ether oxygens (including phenoxy) is 2. The van der Waals surface area contributed by atoms with E-state index in [-0.39, 0.29) is 0 Å². The summed E-state index contributed by atoms with van der Waals surface area (Å²) in [5.41, 5.74) is 3.87. The van der Waals surface area contributed by atoms with Crippen LogP contribution in [0.3, 0.4) is 0 Å². The fraction of sp³-hybridized carbons (Fsp3) is 0.478. The summed E-state index contributed by atoms with van der Waals surface area (Å²) in [4.78, 5) is 85.8. The van der Waals surface area contributed by atoms with E-state index < -0.39 is 35.8 Å². The number of carboxylic acid groups (broad SMARTS) is 6. The van der Waals surface area contributed by atoms with Crippen molar-refractivity contribution in [3.05, 3.63) is 84.8 Å². The standard InChI is InChI=1S/2C17H27N5O.3C4H4O4/c2*1-4-23-11-10-22-16(19-15-6-5-7-18-17(15)22)13-21-9-8-20(3)14(2)12-21;3*5-3(6)1-2-4(7)8/h2*5-7,14H,4,8-13H2,1-3H3;3*1-2H,(H,5,6)(H,7,8). The van der Waals surface area contributed by atoms with Crippen LogP contribution in [0.5, 0.6) is 0 Å². The van der Waals surface area contributed by atoms with Crippen LogP contribution in [0.15, 0.2) is 73.1 Å². The van der Waals surface area contributed by atoms with E-state index in [4.69, 9.17) is 50.1 Å². The molecule has 2 saturated heterocycles. The van der Waals surface area contributed by atoms with Crippen molar-refractivity contribution in [2.24, 2.45) is 0 Å². The minimum atomic E-state index is -1.26. The molecule has 384 valence electrons. The molecule has 0 amide bonds. The van der Waals surface area contributed by atoms with Crippen LogP contribution in [0, 0.1) is 0 Å². The van der Waals surface area contributed by atoms with Crippen molar-refractivity contribution >= 4 is 58.1 Å². The van der Waals surface area contributed by atoms with Crippen LogP contribution < -0.4 is 0 Å². The molecule has 4 aromatic rings. The van der Waals surface area contributed by atoms with Gasteiger partial charge in [-0.1, -0.05) is 0 Å². The number of carbonyl (C=O) groups is 6. The molecule has 6 N–H and O–H groups in total. The van der Waals surface area contributed by atoms with Gasteiger partial charge in [0.05, 0.1) is 26.3 Å². The highest BCUT2D eigenvalue weighted by atomic mass is 16.5. The zero-order valence-electron chi connectivity index (χ0n) is 40.4. The van der Waals surface area contributed by atoms with Crippen LogP contribution in [0.4, 0.5) is 0 Å². The molecule has 24 nitrogen and oxygen atoms in total. The van der Waals surface area contributed by atoms with Gasteiger partial charge in [-0.25, -0.2) is 48.7 Å². The normalized spacial score (nSPS) is 16.7. The molecule has 24 heteroatoms. The lowest BCUT2D eigenvalue weighted by Gasteiger charge is -2.37. The third-order valence-corrected chi connectivity index (χ3v) is 10.4. The molecule has 4 aromatic heterocycles. The SMILES string of the molecule is CCOCCn1c(CN2CCN(C)C(C)C2)nc2cccnc21.CCOCCn1c(CN2CCN(C)C(C)C2)nc2cccnc21.O=C(O)C=CC(=O)O.O=C(O)C=CC(=O)O.O=C(O)C=CC(=O)O. The Morgan fingerprint density at radius 3 is 1.14 bits per heavy atom. The summed E-state index contributed by atoms with van der Waals surface area (Å²) in [6, 6.07) is 9.14. The lowest BCUT2D eigenvalue weighted by molar-refractivity contribution is -0.134. The minimum Gasteiger partial charge on any atom is -0.478 e. The average molecular weight is 983 g/mol.